The van der Waals surface area contributed by atoms with Crippen molar-refractivity contribution in [2.45, 2.75) is 19.7 Å². The Kier molecular flexibility index (Phi) is 10.6. The lowest BCUT2D eigenvalue weighted by atomic mass is 10.1. The van der Waals surface area contributed by atoms with Crippen molar-refractivity contribution in [3.8, 4) is 11.5 Å². The monoisotopic (exact) mass is 666 g/mol. The molecule has 0 saturated carbocycles. The van der Waals surface area contributed by atoms with E-state index in [1.165, 1.54) is 0 Å². The number of hydrogen-bond donors (Lipinski definition) is 2. The van der Waals surface area contributed by atoms with Gasteiger partial charge in [0.25, 0.3) is 11.8 Å². The zero-order chi connectivity index (χ0) is 28.3. The van der Waals surface area contributed by atoms with Crippen LogP contribution < -0.4 is 20.1 Å². The summed E-state index contributed by atoms with van der Waals surface area (Å²) in [5.74, 6) is 0.0487. The predicted molar refractivity (Wildman–Crippen MR) is 166 cm³/mol. The molecule has 4 rings (SSSR count). The van der Waals surface area contributed by atoms with Gasteiger partial charge in [0.1, 0.15) is 12.2 Å². The van der Waals surface area contributed by atoms with Gasteiger partial charge in [-0.05, 0) is 63.6 Å². The minimum absolute atomic E-state index is 0.0190. The number of benzene rings is 4. The Balaban J connectivity index is 1.58. The molecule has 4 aromatic rings. The van der Waals surface area contributed by atoms with Gasteiger partial charge < -0.3 is 20.1 Å². The van der Waals surface area contributed by atoms with Gasteiger partial charge >= 0.3 is 0 Å². The summed E-state index contributed by atoms with van der Waals surface area (Å²) in [6.07, 6.45) is 1.56. The molecule has 2 N–H and O–H groups in total. The van der Waals surface area contributed by atoms with Gasteiger partial charge in [-0.15, -0.1) is 0 Å². The van der Waals surface area contributed by atoms with Crippen molar-refractivity contribution in [1.82, 2.24) is 10.6 Å². The summed E-state index contributed by atoms with van der Waals surface area (Å²) in [5, 5.41) is 6.33. The summed E-state index contributed by atoms with van der Waals surface area (Å²) < 4.78 is 12.4. The van der Waals surface area contributed by atoms with Crippen LogP contribution in [0.3, 0.4) is 0 Å². The standard InChI is InChI=1S/C32H28ClIN2O4/c1-39-29-18-24(17-28(34)30(29)40-21-25-14-8-9-15-27(25)33)16-26(31(37)35-19-22-10-4-2-5-11-22)32(38)36-20-23-12-6-3-7-13-23/h2-18H,19-21H2,1H3,(H,35,37)(H,36,38). The van der Waals surface area contributed by atoms with Gasteiger partial charge in [-0.25, -0.2) is 0 Å². The average Bonchev–Trinajstić information content (AvgIpc) is 2.98. The number of carbonyl (C=O) groups excluding carboxylic acids is 2. The molecule has 8 heteroatoms. The largest absolute Gasteiger partial charge is 0.493 e. The van der Waals surface area contributed by atoms with Crippen LogP contribution in [0.25, 0.3) is 6.08 Å². The number of hydrogen-bond acceptors (Lipinski definition) is 4. The van der Waals surface area contributed by atoms with Crippen LogP contribution in [0.4, 0.5) is 0 Å². The van der Waals surface area contributed by atoms with E-state index in [0.29, 0.717) is 35.2 Å². The summed E-state index contributed by atoms with van der Waals surface area (Å²) in [5.41, 5.74) is 3.30. The van der Waals surface area contributed by atoms with E-state index < -0.39 is 11.8 Å². The number of carbonyl (C=O) groups is 2. The van der Waals surface area contributed by atoms with Crippen LogP contribution in [0.5, 0.6) is 11.5 Å². The van der Waals surface area contributed by atoms with Crippen LogP contribution in [0.15, 0.2) is 103 Å². The highest BCUT2D eigenvalue weighted by Crippen LogP contribution is 2.35. The Hall–Kier alpha value is -3.82. The fourth-order valence-electron chi connectivity index (χ4n) is 3.88. The van der Waals surface area contributed by atoms with E-state index in [0.717, 1.165) is 20.3 Å². The topological polar surface area (TPSA) is 76.7 Å². The van der Waals surface area contributed by atoms with Gasteiger partial charge in [0.15, 0.2) is 11.5 Å². The molecule has 0 fully saturated rings. The summed E-state index contributed by atoms with van der Waals surface area (Å²) >= 11 is 8.43. The second-order valence-electron chi connectivity index (χ2n) is 8.81. The molecule has 0 unspecified atom stereocenters. The lowest BCUT2D eigenvalue weighted by molar-refractivity contribution is -0.123. The molecule has 0 aliphatic heterocycles. The Morgan fingerprint density at radius 1 is 0.825 bits per heavy atom. The van der Waals surface area contributed by atoms with Crippen LogP contribution >= 0.6 is 34.2 Å². The fourth-order valence-corrected chi connectivity index (χ4v) is 4.85. The SMILES string of the molecule is COc1cc(C=C(C(=O)NCc2ccccc2)C(=O)NCc2ccccc2)cc(I)c1OCc1ccccc1Cl. The molecule has 0 aromatic heterocycles. The second-order valence-corrected chi connectivity index (χ2v) is 10.4. The maximum atomic E-state index is 13.3. The van der Waals surface area contributed by atoms with Gasteiger partial charge in [-0.2, -0.15) is 0 Å². The normalized spacial score (nSPS) is 10.4. The Morgan fingerprint density at radius 3 is 1.93 bits per heavy atom. The van der Waals surface area contributed by atoms with Crippen molar-refractivity contribution in [2.24, 2.45) is 0 Å². The molecule has 2 amide bonds. The van der Waals surface area contributed by atoms with Crippen molar-refractivity contribution >= 4 is 52.1 Å². The summed E-state index contributed by atoms with van der Waals surface area (Å²) in [6, 6.07) is 30.1. The molecule has 40 heavy (non-hydrogen) atoms. The smallest absolute Gasteiger partial charge is 0.257 e. The molecule has 4 aromatic carbocycles. The first-order valence-corrected chi connectivity index (χ1v) is 14.0. The molecule has 0 aliphatic carbocycles. The summed E-state index contributed by atoms with van der Waals surface area (Å²) in [4.78, 5) is 26.5. The zero-order valence-corrected chi connectivity index (χ0v) is 24.7. The van der Waals surface area contributed by atoms with Crippen LogP contribution in [0, 0.1) is 3.57 Å². The van der Waals surface area contributed by atoms with E-state index in [2.05, 4.69) is 33.2 Å². The Bertz CT molecular complexity index is 1440. The number of halogens is 2. The molecular weight excluding hydrogens is 639 g/mol. The number of rotatable bonds is 11. The molecule has 6 nitrogen and oxygen atoms in total. The van der Waals surface area contributed by atoms with E-state index in [1.807, 2.05) is 91.0 Å². The molecule has 0 radical (unpaired) electrons. The number of ether oxygens (including phenoxy) is 2. The van der Waals surface area contributed by atoms with Gasteiger partial charge in [0, 0.05) is 23.7 Å². The third kappa shape index (κ3) is 8.09. The second kappa shape index (κ2) is 14.5. The minimum atomic E-state index is -0.484. The van der Waals surface area contributed by atoms with Gasteiger partial charge in [0.2, 0.25) is 0 Å². The van der Waals surface area contributed by atoms with Crippen LogP contribution in [-0.2, 0) is 29.3 Å². The van der Waals surface area contributed by atoms with Crippen molar-refractivity contribution in [3.05, 3.63) is 133 Å². The van der Waals surface area contributed by atoms with Crippen molar-refractivity contribution in [1.29, 1.82) is 0 Å². The lowest BCUT2D eigenvalue weighted by Crippen LogP contribution is -2.34. The number of methoxy groups -OCH3 is 1. The number of amides is 2. The van der Waals surface area contributed by atoms with Crippen LogP contribution in [0.2, 0.25) is 5.02 Å². The molecule has 0 heterocycles. The molecule has 0 bridgehead atoms. The molecule has 204 valence electrons. The first-order chi connectivity index (χ1) is 19.4. The maximum absolute atomic E-state index is 13.3. The minimum Gasteiger partial charge on any atom is -0.493 e. The average molecular weight is 667 g/mol. The first-order valence-electron chi connectivity index (χ1n) is 12.5. The van der Waals surface area contributed by atoms with Crippen molar-refractivity contribution in [3.63, 3.8) is 0 Å². The fraction of sp³-hybridized carbons (Fsp3) is 0.125. The molecule has 0 saturated heterocycles. The first kappa shape index (κ1) is 29.2. The maximum Gasteiger partial charge on any atom is 0.257 e. The third-order valence-electron chi connectivity index (χ3n) is 5.97. The van der Waals surface area contributed by atoms with Crippen molar-refractivity contribution < 1.29 is 19.1 Å². The predicted octanol–water partition coefficient (Wildman–Crippen LogP) is 6.55. The van der Waals surface area contributed by atoms with E-state index in [1.54, 1.807) is 19.3 Å². The Morgan fingerprint density at radius 2 is 1.38 bits per heavy atom. The highest BCUT2D eigenvalue weighted by molar-refractivity contribution is 14.1. The molecule has 0 atom stereocenters. The number of nitrogens with one attached hydrogen (secondary N) is 2. The highest BCUT2D eigenvalue weighted by atomic mass is 127. The quantitative estimate of drug-likeness (QED) is 0.0825. The van der Waals surface area contributed by atoms with Crippen LogP contribution in [-0.4, -0.2) is 18.9 Å². The van der Waals surface area contributed by atoms with Crippen molar-refractivity contribution in [2.75, 3.05) is 7.11 Å². The summed E-state index contributed by atoms with van der Waals surface area (Å²) in [7, 11) is 1.54. The molecular formula is C32H28ClIN2O4. The molecule has 0 aliphatic rings. The Labute approximate surface area is 252 Å². The van der Waals surface area contributed by atoms with E-state index in [9.17, 15) is 9.59 Å². The van der Waals surface area contributed by atoms with E-state index in [4.69, 9.17) is 21.1 Å². The van der Waals surface area contributed by atoms with Gasteiger partial charge in [0.05, 0.1) is 10.7 Å². The summed E-state index contributed by atoms with van der Waals surface area (Å²) in [6.45, 7) is 0.841. The molecule has 0 spiro atoms. The highest BCUT2D eigenvalue weighted by Gasteiger charge is 2.20. The lowest BCUT2D eigenvalue weighted by Gasteiger charge is -2.15. The zero-order valence-electron chi connectivity index (χ0n) is 21.8. The van der Waals surface area contributed by atoms with Gasteiger partial charge in [-0.3, -0.25) is 9.59 Å². The van der Waals surface area contributed by atoms with E-state index in [-0.39, 0.29) is 12.2 Å². The van der Waals surface area contributed by atoms with Gasteiger partial charge in [-0.1, -0.05) is 90.5 Å². The van der Waals surface area contributed by atoms with Crippen LogP contribution in [0.1, 0.15) is 22.3 Å². The van der Waals surface area contributed by atoms with E-state index >= 15 is 0 Å². The third-order valence-corrected chi connectivity index (χ3v) is 7.14.